The summed E-state index contributed by atoms with van der Waals surface area (Å²) in [7, 11) is 0. The molecule has 0 aliphatic rings. The summed E-state index contributed by atoms with van der Waals surface area (Å²) in [6.07, 6.45) is 0.363. The van der Waals surface area contributed by atoms with Crippen LogP contribution in [-0.4, -0.2) is 23.3 Å². The van der Waals surface area contributed by atoms with Crippen molar-refractivity contribution in [3.63, 3.8) is 0 Å². The van der Waals surface area contributed by atoms with E-state index in [1.807, 2.05) is 0 Å². The van der Waals surface area contributed by atoms with Crippen LogP contribution in [0.25, 0.3) is 0 Å². The van der Waals surface area contributed by atoms with E-state index in [4.69, 9.17) is 4.74 Å². The highest BCUT2D eigenvalue weighted by Crippen LogP contribution is 2.23. The second kappa shape index (κ2) is 6.58. The molecule has 4 nitrogen and oxygen atoms in total. The Morgan fingerprint density at radius 1 is 1.38 bits per heavy atom. The average Bonchev–Trinajstić information content (AvgIpc) is 2.83. The molecule has 0 aliphatic heterocycles. The minimum absolute atomic E-state index is 0.0424. The van der Waals surface area contributed by atoms with Gasteiger partial charge in [0.15, 0.2) is 11.5 Å². The first kappa shape index (κ1) is 15.3. The standard InChI is InChI=1S/C15H14FNO3S/c1-3-20-15(19)13-14(9(2)18)21-12(17-13)8-10-5-4-6-11(16)7-10/h4-7H,3,8H2,1-2H3. The fraction of sp³-hybridized carbons (Fsp3) is 0.267. The molecular formula is C15H14FNO3S. The largest absolute Gasteiger partial charge is 0.461 e. The molecular weight excluding hydrogens is 293 g/mol. The number of Topliss-reactive ketones (excluding diaryl/α,β-unsaturated/α-hetero) is 1. The van der Waals surface area contributed by atoms with E-state index in [1.165, 1.54) is 19.1 Å². The second-order valence-electron chi connectivity index (χ2n) is 4.37. The molecule has 0 N–H and O–H groups in total. The van der Waals surface area contributed by atoms with Gasteiger partial charge in [-0.1, -0.05) is 12.1 Å². The van der Waals surface area contributed by atoms with E-state index in [2.05, 4.69) is 4.98 Å². The monoisotopic (exact) mass is 307 g/mol. The SMILES string of the molecule is CCOC(=O)c1nc(Cc2cccc(F)c2)sc1C(C)=O. The van der Waals surface area contributed by atoms with Crippen LogP contribution in [0, 0.1) is 5.82 Å². The smallest absolute Gasteiger partial charge is 0.358 e. The zero-order valence-electron chi connectivity index (χ0n) is 11.7. The molecule has 0 aliphatic carbocycles. The Balaban J connectivity index is 2.31. The Hall–Kier alpha value is -2.08. The van der Waals surface area contributed by atoms with Crippen LogP contribution in [0.3, 0.4) is 0 Å². The van der Waals surface area contributed by atoms with Gasteiger partial charge in [-0.25, -0.2) is 14.2 Å². The minimum Gasteiger partial charge on any atom is -0.461 e. The van der Waals surface area contributed by atoms with Crippen molar-refractivity contribution in [2.45, 2.75) is 20.3 Å². The molecule has 0 saturated heterocycles. The van der Waals surface area contributed by atoms with E-state index >= 15 is 0 Å². The predicted molar refractivity (Wildman–Crippen MR) is 77.3 cm³/mol. The van der Waals surface area contributed by atoms with Gasteiger partial charge in [-0.3, -0.25) is 4.79 Å². The number of hydrogen-bond donors (Lipinski definition) is 0. The number of carbonyl (C=O) groups is 2. The molecule has 110 valence electrons. The van der Waals surface area contributed by atoms with E-state index in [1.54, 1.807) is 19.1 Å². The van der Waals surface area contributed by atoms with E-state index in [0.29, 0.717) is 11.4 Å². The number of esters is 1. The summed E-state index contributed by atoms with van der Waals surface area (Å²) in [5.74, 6) is -1.17. The third-order valence-corrected chi connectivity index (χ3v) is 3.86. The van der Waals surface area contributed by atoms with Crippen molar-refractivity contribution < 1.29 is 18.7 Å². The molecule has 0 saturated carbocycles. The van der Waals surface area contributed by atoms with Gasteiger partial charge in [-0.15, -0.1) is 11.3 Å². The van der Waals surface area contributed by atoms with E-state index in [0.717, 1.165) is 16.9 Å². The van der Waals surface area contributed by atoms with Gasteiger partial charge in [0.25, 0.3) is 0 Å². The van der Waals surface area contributed by atoms with Crippen molar-refractivity contribution in [1.29, 1.82) is 0 Å². The number of ketones is 1. The maximum atomic E-state index is 13.2. The molecule has 1 aromatic heterocycles. The first-order valence-corrected chi connectivity index (χ1v) is 7.25. The van der Waals surface area contributed by atoms with Crippen molar-refractivity contribution in [3.05, 3.63) is 51.2 Å². The molecule has 2 rings (SSSR count). The lowest BCUT2D eigenvalue weighted by atomic mass is 10.1. The van der Waals surface area contributed by atoms with E-state index in [-0.39, 0.29) is 28.8 Å². The van der Waals surface area contributed by atoms with Gasteiger partial charge in [0.1, 0.15) is 10.7 Å². The highest BCUT2D eigenvalue weighted by Gasteiger charge is 2.22. The molecule has 0 bridgehead atoms. The fourth-order valence-corrected chi connectivity index (χ4v) is 2.82. The fourth-order valence-electron chi connectivity index (χ4n) is 1.84. The van der Waals surface area contributed by atoms with Gasteiger partial charge in [0, 0.05) is 13.3 Å². The molecule has 2 aromatic rings. The zero-order valence-corrected chi connectivity index (χ0v) is 12.5. The Morgan fingerprint density at radius 3 is 2.76 bits per heavy atom. The van der Waals surface area contributed by atoms with Gasteiger partial charge in [-0.2, -0.15) is 0 Å². The van der Waals surface area contributed by atoms with Crippen molar-refractivity contribution >= 4 is 23.1 Å². The van der Waals surface area contributed by atoms with Crippen LogP contribution in [0.4, 0.5) is 4.39 Å². The van der Waals surface area contributed by atoms with Crippen molar-refractivity contribution in [3.8, 4) is 0 Å². The van der Waals surface area contributed by atoms with Crippen LogP contribution in [0.2, 0.25) is 0 Å². The quantitative estimate of drug-likeness (QED) is 0.628. The van der Waals surface area contributed by atoms with Crippen LogP contribution in [0.15, 0.2) is 24.3 Å². The van der Waals surface area contributed by atoms with Crippen molar-refractivity contribution in [1.82, 2.24) is 4.98 Å². The van der Waals surface area contributed by atoms with Crippen molar-refractivity contribution in [2.24, 2.45) is 0 Å². The topological polar surface area (TPSA) is 56.3 Å². The normalized spacial score (nSPS) is 10.4. The second-order valence-corrected chi connectivity index (χ2v) is 5.45. The van der Waals surface area contributed by atoms with Gasteiger partial charge >= 0.3 is 5.97 Å². The van der Waals surface area contributed by atoms with Gasteiger partial charge in [0.05, 0.1) is 11.6 Å². The number of aromatic nitrogens is 1. The number of halogens is 1. The number of ether oxygens (including phenoxy) is 1. The van der Waals surface area contributed by atoms with Crippen molar-refractivity contribution in [2.75, 3.05) is 6.61 Å². The number of benzene rings is 1. The van der Waals surface area contributed by atoms with Crippen LogP contribution in [-0.2, 0) is 11.2 Å². The lowest BCUT2D eigenvalue weighted by Crippen LogP contribution is -2.09. The number of carbonyl (C=O) groups excluding carboxylic acids is 2. The Kier molecular flexibility index (Phi) is 4.80. The number of thiazole rings is 1. The molecule has 6 heteroatoms. The van der Waals surface area contributed by atoms with Crippen LogP contribution in [0.5, 0.6) is 0 Å². The molecule has 0 amide bonds. The summed E-state index contributed by atoms with van der Waals surface area (Å²) in [5, 5.41) is 0.578. The molecule has 0 radical (unpaired) electrons. The van der Waals surface area contributed by atoms with Gasteiger partial charge in [0.2, 0.25) is 0 Å². The third-order valence-electron chi connectivity index (χ3n) is 2.70. The molecule has 21 heavy (non-hydrogen) atoms. The summed E-state index contributed by atoms with van der Waals surface area (Å²) in [6.45, 7) is 3.28. The Bertz CT molecular complexity index is 681. The lowest BCUT2D eigenvalue weighted by molar-refractivity contribution is 0.0517. The van der Waals surface area contributed by atoms with Gasteiger partial charge in [-0.05, 0) is 24.6 Å². The maximum Gasteiger partial charge on any atom is 0.358 e. The molecule has 0 unspecified atom stereocenters. The molecule has 1 heterocycles. The van der Waals surface area contributed by atoms with Crippen LogP contribution in [0.1, 0.15) is 44.6 Å². The number of nitrogens with zero attached hydrogens (tertiary/aromatic N) is 1. The Labute approximate surface area is 125 Å². The lowest BCUT2D eigenvalue weighted by Gasteiger charge is -1.99. The molecule has 0 fully saturated rings. The van der Waals surface area contributed by atoms with Gasteiger partial charge < -0.3 is 4.74 Å². The first-order valence-electron chi connectivity index (χ1n) is 6.43. The highest BCUT2D eigenvalue weighted by molar-refractivity contribution is 7.14. The Morgan fingerprint density at radius 2 is 2.14 bits per heavy atom. The zero-order chi connectivity index (χ0) is 15.4. The summed E-state index contributed by atoms with van der Waals surface area (Å²) in [4.78, 5) is 27.9. The summed E-state index contributed by atoms with van der Waals surface area (Å²) < 4.78 is 18.1. The summed E-state index contributed by atoms with van der Waals surface area (Å²) in [6, 6.07) is 6.13. The number of rotatable bonds is 5. The maximum absolute atomic E-state index is 13.2. The molecule has 0 atom stereocenters. The van der Waals surface area contributed by atoms with E-state index < -0.39 is 5.97 Å². The summed E-state index contributed by atoms with van der Waals surface area (Å²) in [5.41, 5.74) is 0.773. The highest BCUT2D eigenvalue weighted by atomic mass is 32.1. The molecule has 0 spiro atoms. The summed E-state index contributed by atoms with van der Waals surface area (Å²) >= 11 is 1.14. The van der Waals surface area contributed by atoms with Crippen LogP contribution < -0.4 is 0 Å². The predicted octanol–water partition coefficient (Wildman–Crippen LogP) is 3.25. The van der Waals surface area contributed by atoms with Crippen LogP contribution >= 0.6 is 11.3 Å². The first-order chi connectivity index (χ1) is 10.0. The average molecular weight is 307 g/mol. The van der Waals surface area contributed by atoms with E-state index in [9.17, 15) is 14.0 Å². The molecule has 1 aromatic carbocycles. The minimum atomic E-state index is -0.607. The third kappa shape index (κ3) is 3.72. The number of hydrogen-bond acceptors (Lipinski definition) is 5.